The number of aromatic amines is 3. The number of fused-ring (bicyclic) bond motifs is 2. The highest BCUT2D eigenvalue weighted by atomic mass is 19.1. The molecule has 0 aliphatic rings. The summed E-state index contributed by atoms with van der Waals surface area (Å²) in [6, 6.07) is 16.7. The molecule has 9 heteroatoms. The summed E-state index contributed by atoms with van der Waals surface area (Å²) in [4.78, 5) is 10.3. The lowest BCUT2D eigenvalue weighted by Gasteiger charge is -2.12. The highest BCUT2D eigenvalue weighted by molar-refractivity contribution is 6.00. The van der Waals surface area contributed by atoms with Crippen molar-refractivity contribution in [1.82, 2.24) is 35.3 Å². The van der Waals surface area contributed by atoms with Crippen molar-refractivity contribution in [1.29, 1.82) is 0 Å². The maximum atomic E-state index is 14.5. The fraction of sp³-hybridized carbons (Fsp3) is 0.148. The number of H-pyrrole nitrogens is 3. The van der Waals surface area contributed by atoms with E-state index in [1.807, 2.05) is 61.5 Å². The zero-order chi connectivity index (χ0) is 24.6. The van der Waals surface area contributed by atoms with E-state index in [0.717, 1.165) is 56.6 Å². The molecule has 0 saturated carbocycles. The predicted octanol–water partition coefficient (Wildman–Crippen LogP) is 5.24. The van der Waals surface area contributed by atoms with Gasteiger partial charge in [0, 0.05) is 35.3 Å². The first-order valence-corrected chi connectivity index (χ1v) is 11.6. The number of hydrogen-bond acceptors (Lipinski definition) is 5. The highest BCUT2D eigenvalue weighted by Crippen LogP contribution is 2.35. The fourth-order valence-corrected chi connectivity index (χ4v) is 4.32. The van der Waals surface area contributed by atoms with Gasteiger partial charge >= 0.3 is 0 Å². The van der Waals surface area contributed by atoms with Gasteiger partial charge in [0.25, 0.3) is 0 Å². The molecule has 180 valence electrons. The average molecular weight is 482 g/mol. The number of pyridine rings is 1. The average Bonchev–Trinajstić information content (AvgIpc) is 3.62. The lowest BCUT2D eigenvalue weighted by Crippen LogP contribution is -2.19. The number of hydrogen-bond donors (Lipinski definition) is 3. The van der Waals surface area contributed by atoms with Crippen molar-refractivity contribution in [3.05, 3.63) is 72.8 Å². The largest absolute Gasteiger partial charge is 0.492 e. The predicted molar refractivity (Wildman–Crippen MR) is 138 cm³/mol. The molecular weight excluding hydrogens is 457 g/mol. The quantitative estimate of drug-likeness (QED) is 0.290. The standard InChI is InChI=1S/C27H24FN7O/c1-35(2)8-9-36-19-11-16(10-18(28)12-19)20-4-3-5-23-21(20)13-25(31-23)27-26-24(33-34-27)7-6-22(32-26)17-14-29-30-15-17/h3-7,10-15,31H,8-9H2,1-2H3,(H,29,30)(H,33,34). The number of aromatic nitrogens is 6. The van der Waals surface area contributed by atoms with Crippen molar-refractivity contribution in [3.8, 4) is 39.5 Å². The van der Waals surface area contributed by atoms with E-state index in [0.29, 0.717) is 18.1 Å². The number of ether oxygens (including phenoxy) is 1. The number of nitrogens with zero attached hydrogens (tertiary/aromatic N) is 4. The molecule has 4 aromatic heterocycles. The van der Waals surface area contributed by atoms with Crippen LogP contribution in [-0.4, -0.2) is 62.5 Å². The van der Waals surface area contributed by atoms with E-state index >= 15 is 0 Å². The van der Waals surface area contributed by atoms with Crippen LogP contribution in [0.3, 0.4) is 0 Å². The second-order valence-corrected chi connectivity index (χ2v) is 8.93. The summed E-state index contributed by atoms with van der Waals surface area (Å²) in [7, 11) is 3.95. The van der Waals surface area contributed by atoms with Crippen molar-refractivity contribution in [2.24, 2.45) is 0 Å². The van der Waals surface area contributed by atoms with Crippen LogP contribution >= 0.6 is 0 Å². The Hall–Kier alpha value is -4.50. The van der Waals surface area contributed by atoms with Gasteiger partial charge in [-0.05, 0) is 61.6 Å². The topological polar surface area (TPSA) is 98.5 Å². The van der Waals surface area contributed by atoms with E-state index in [4.69, 9.17) is 9.72 Å². The summed E-state index contributed by atoms with van der Waals surface area (Å²) in [6.07, 6.45) is 3.54. The second-order valence-electron chi connectivity index (χ2n) is 8.93. The van der Waals surface area contributed by atoms with Crippen molar-refractivity contribution in [2.75, 3.05) is 27.2 Å². The van der Waals surface area contributed by atoms with E-state index in [2.05, 4.69) is 25.4 Å². The van der Waals surface area contributed by atoms with Crippen LogP contribution in [0.25, 0.3) is 55.7 Å². The lowest BCUT2D eigenvalue weighted by atomic mass is 10.0. The van der Waals surface area contributed by atoms with Crippen molar-refractivity contribution in [2.45, 2.75) is 0 Å². The van der Waals surface area contributed by atoms with Gasteiger partial charge in [0.05, 0.1) is 23.1 Å². The number of nitrogens with one attached hydrogen (secondary N) is 3. The normalized spacial score (nSPS) is 11.7. The van der Waals surface area contributed by atoms with E-state index in [1.54, 1.807) is 12.4 Å². The number of benzene rings is 2. The minimum Gasteiger partial charge on any atom is -0.492 e. The van der Waals surface area contributed by atoms with Gasteiger partial charge in [-0.2, -0.15) is 10.2 Å². The molecule has 0 aliphatic heterocycles. The Morgan fingerprint density at radius 1 is 1.00 bits per heavy atom. The molecule has 0 atom stereocenters. The van der Waals surface area contributed by atoms with Crippen LogP contribution in [0.2, 0.25) is 0 Å². The molecule has 0 spiro atoms. The van der Waals surface area contributed by atoms with Crippen LogP contribution in [0.4, 0.5) is 4.39 Å². The second kappa shape index (κ2) is 8.94. The molecule has 0 bridgehead atoms. The van der Waals surface area contributed by atoms with Gasteiger partial charge in [0.1, 0.15) is 29.4 Å². The van der Waals surface area contributed by atoms with Crippen LogP contribution in [0.5, 0.6) is 5.75 Å². The maximum absolute atomic E-state index is 14.5. The molecule has 8 nitrogen and oxygen atoms in total. The monoisotopic (exact) mass is 481 g/mol. The van der Waals surface area contributed by atoms with Crippen molar-refractivity contribution in [3.63, 3.8) is 0 Å². The minimum atomic E-state index is -0.339. The molecule has 0 aliphatic carbocycles. The summed E-state index contributed by atoms with van der Waals surface area (Å²) in [5.41, 5.74) is 7.39. The highest BCUT2D eigenvalue weighted by Gasteiger charge is 2.16. The van der Waals surface area contributed by atoms with E-state index in [-0.39, 0.29) is 5.82 Å². The van der Waals surface area contributed by atoms with Gasteiger partial charge in [-0.3, -0.25) is 10.2 Å². The Kier molecular flexibility index (Phi) is 5.46. The Balaban J connectivity index is 1.41. The van der Waals surface area contributed by atoms with E-state index in [9.17, 15) is 4.39 Å². The molecule has 0 radical (unpaired) electrons. The van der Waals surface area contributed by atoms with Gasteiger partial charge in [0.2, 0.25) is 0 Å². The summed E-state index contributed by atoms with van der Waals surface area (Å²) in [6.45, 7) is 1.23. The molecular formula is C27H24FN7O. The van der Waals surface area contributed by atoms with Gasteiger partial charge in [-0.25, -0.2) is 9.37 Å². The minimum absolute atomic E-state index is 0.339. The van der Waals surface area contributed by atoms with Gasteiger partial charge < -0.3 is 14.6 Å². The first-order valence-electron chi connectivity index (χ1n) is 11.6. The molecule has 6 rings (SSSR count). The van der Waals surface area contributed by atoms with E-state index < -0.39 is 0 Å². The number of rotatable bonds is 7. The molecule has 0 unspecified atom stereocenters. The first-order chi connectivity index (χ1) is 17.5. The van der Waals surface area contributed by atoms with Crippen LogP contribution in [0.15, 0.2) is 67.0 Å². The summed E-state index contributed by atoms with van der Waals surface area (Å²) in [5.74, 6) is 0.170. The van der Waals surface area contributed by atoms with Crippen LogP contribution < -0.4 is 4.74 Å². The third-order valence-corrected chi connectivity index (χ3v) is 6.11. The molecule has 6 aromatic rings. The van der Waals surface area contributed by atoms with Crippen LogP contribution in [0, 0.1) is 5.82 Å². The zero-order valence-electron chi connectivity index (χ0n) is 19.8. The van der Waals surface area contributed by atoms with Gasteiger partial charge in [-0.15, -0.1) is 0 Å². The Labute approximate surface area is 206 Å². The molecule has 0 fully saturated rings. The molecule has 0 saturated heterocycles. The maximum Gasteiger partial charge on any atom is 0.135 e. The van der Waals surface area contributed by atoms with Gasteiger partial charge in [0.15, 0.2) is 0 Å². The van der Waals surface area contributed by atoms with Gasteiger partial charge in [-0.1, -0.05) is 12.1 Å². The van der Waals surface area contributed by atoms with Crippen molar-refractivity contribution >= 4 is 21.9 Å². The van der Waals surface area contributed by atoms with Crippen molar-refractivity contribution < 1.29 is 9.13 Å². The Bertz CT molecular complexity index is 1670. The Morgan fingerprint density at radius 2 is 1.92 bits per heavy atom. The molecule has 3 N–H and O–H groups in total. The SMILES string of the molecule is CN(C)CCOc1cc(F)cc(-c2cccc3[nH]c(-c4n[nH]c5ccc(-c6cn[nH]c6)nc45)cc23)c1. The Morgan fingerprint density at radius 3 is 2.75 bits per heavy atom. The summed E-state index contributed by atoms with van der Waals surface area (Å²) < 4.78 is 20.3. The van der Waals surface area contributed by atoms with E-state index in [1.165, 1.54) is 12.1 Å². The summed E-state index contributed by atoms with van der Waals surface area (Å²) >= 11 is 0. The van der Waals surface area contributed by atoms with Crippen LogP contribution in [0.1, 0.15) is 0 Å². The molecule has 2 aromatic carbocycles. The molecule has 0 amide bonds. The molecule has 36 heavy (non-hydrogen) atoms. The number of likely N-dealkylation sites (N-methyl/N-ethyl adjacent to an activating group) is 1. The fourth-order valence-electron chi connectivity index (χ4n) is 4.32. The van der Waals surface area contributed by atoms with Crippen LogP contribution in [-0.2, 0) is 0 Å². The first kappa shape index (κ1) is 22.0. The zero-order valence-corrected chi connectivity index (χ0v) is 19.8. The third kappa shape index (κ3) is 4.09. The number of halogens is 1. The smallest absolute Gasteiger partial charge is 0.135 e. The molecule has 4 heterocycles. The summed E-state index contributed by atoms with van der Waals surface area (Å²) in [5, 5.41) is 15.4. The lowest BCUT2D eigenvalue weighted by molar-refractivity contribution is 0.260. The third-order valence-electron chi connectivity index (χ3n) is 6.11.